The fourth-order valence-electron chi connectivity index (χ4n) is 7.23. The number of ether oxygens (including phenoxy) is 1. The Kier molecular flexibility index (Phi) is 4.65. The van der Waals surface area contributed by atoms with E-state index in [2.05, 4.69) is 64.8 Å². The lowest BCUT2D eigenvalue weighted by molar-refractivity contribution is -0.111. The zero-order valence-corrected chi connectivity index (χ0v) is 18.6. The summed E-state index contributed by atoms with van der Waals surface area (Å²) < 4.78 is 6.10. The van der Waals surface area contributed by atoms with Gasteiger partial charge in [-0.2, -0.15) is 15.4 Å². The largest absolute Gasteiger partial charge is 0.489 e. The summed E-state index contributed by atoms with van der Waals surface area (Å²) in [5.74, 6) is 2.69. The minimum absolute atomic E-state index is 0.138. The van der Waals surface area contributed by atoms with Crippen LogP contribution in [0, 0.1) is 17.3 Å². The molecule has 166 valence electrons. The van der Waals surface area contributed by atoms with Crippen LogP contribution >= 0.6 is 0 Å². The fraction of sp³-hybridized carbons (Fsp3) is 0.481. The quantitative estimate of drug-likeness (QED) is 0.603. The van der Waals surface area contributed by atoms with E-state index >= 15 is 0 Å². The molecule has 32 heavy (non-hydrogen) atoms. The Bertz CT molecular complexity index is 1100. The molecule has 0 aliphatic heterocycles. The van der Waals surface area contributed by atoms with E-state index in [9.17, 15) is 5.11 Å². The van der Waals surface area contributed by atoms with Gasteiger partial charge < -0.3 is 9.84 Å². The van der Waals surface area contributed by atoms with Crippen LogP contribution < -0.4 is 4.74 Å². The Hall–Kier alpha value is -2.66. The predicted octanol–water partition coefficient (Wildman–Crippen LogP) is 5.13. The summed E-state index contributed by atoms with van der Waals surface area (Å²) in [7, 11) is 0. The molecule has 5 unspecified atom stereocenters. The lowest BCUT2D eigenvalue weighted by Gasteiger charge is -2.52. The van der Waals surface area contributed by atoms with Gasteiger partial charge in [0.15, 0.2) is 0 Å². The van der Waals surface area contributed by atoms with Gasteiger partial charge in [0.1, 0.15) is 23.7 Å². The lowest BCUT2D eigenvalue weighted by Crippen LogP contribution is -2.49. The molecule has 0 radical (unpaired) electrons. The maximum atomic E-state index is 11.7. The van der Waals surface area contributed by atoms with Gasteiger partial charge in [0.25, 0.3) is 0 Å². The van der Waals surface area contributed by atoms with Crippen molar-refractivity contribution in [2.75, 3.05) is 0 Å². The number of H-pyrrole nitrogens is 1. The second-order valence-corrected chi connectivity index (χ2v) is 10.3. The summed E-state index contributed by atoms with van der Waals surface area (Å²) in [5, 5.41) is 22.7. The molecule has 2 saturated carbocycles. The number of aryl methyl sites for hydroxylation is 1. The summed E-state index contributed by atoms with van der Waals surface area (Å²) in [6.07, 6.45) is 7.98. The molecule has 3 aliphatic carbocycles. The Morgan fingerprint density at radius 3 is 2.78 bits per heavy atom. The molecule has 5 atom stereocenters. The van der Waals surface area contributed by atoms with Gasteiger partial charge >= 0.3 is 0 Å². The number of nitrogens with zero attached hydrogens (tertiary/aromatic N) is 2. The van der Waals surface area contributed by atoms with Crippen LogP contribution in [0.5, 0.6) is 5.75 Å². The van der Waals surface area contributed by atoms with Crippen LogP contribution in [0.2, 0.25) is 0 Å². The van der Waals surface area contributed by atoms with Crippen LogP contribution in [-0.2, 0) is 18.6 Å². The topological polar surface area (TPSA) is 71.0 Å². The number of rotatable bonds is 4. The third-order valence-electron chi connectivity index (χ3n) is 8.94. The first-order valence-electron chi connectivity index (χ1n) is 12.0. The molecule has 1 aromatic heterocycles. The lowest BCUT2D eigenvalue weighted by atomic mass is 9.53. The molecule has 3 aliphatic rings. The fourth-order valence-corrected chi connectivity index (χ4v) is 7.23. The number of aliphatic hydroxyl groups is 1. The van der Waals surface area contributed by atoms with Crippen LogP contribution in [0.25, 0.3) is 0 Å². The van der Waals surface area contributed by atoms with Gasteiger partial charge in [0.2, 0.25) is 0 Å². The van der Waals surface area contributed by atoms with Gasteiger partial charge in [-0.1, -0.05) is 43.3 Å². The smallest absolute Gasteiger partial charge is 0.120 e. The maximum Gasteiger partial charge on any atom is 0.120 e. The molecular formula is C27H31N3O2. The van der Waals surface area contributed by atoms with E-state index < -0.39 is 5.60 Å². The van der Waals surface area contributed by atoms with E-state index in [1.165, 1.54) is 23.1 Å². The van der Waals surface area contributed by atoms with Crippen molar-refractivity contribution < 1.29 is 9.84 Å². The number of fused-ring (bicyclic) bond motifs is 5. The first-order valence-corrected chi connectivity index (χ1v) is 12.0. The summed E-state index contributed by atoms with van der Waals surface area (Å²) in [5.41, 5.74) is 3.86. The second-order valence-electron chi connectivity index (χ2n) is 10.3. The van der Waals surface area contributed by atoms with Crippen molar-refractivity contribution in [2.45, 2.75) is 63.6 Å². The molecule has 0 spiro atoms. The number of nitrogens with one attached hydrogen (secondary N) is 1. The molecule has 2 aromatic carbocycles. The Balaban J connectivity index is 1.23. The van der Waals surface area contributed by atoms with Crippen molar-refractivity contribution in [1.82, 2.24) is 15.4 Å². The van der Waals surface area contributed by atoms with Crippen molar-refractivity contribution in [3.05, 3.63) is 77.1 Å². The minimum Gasteiger partial charge on any atom is -0.489 e. The van der Waals surface area contributed by atoms with Gasteiger partial charge in [-0.05, 0) is 85.1 Å². The van der Waals surface area contributed by atoms with Gasteiger partial charge in [-0.3, -0.25) is 0 Å². The van der Waals surface area contributed by atoms with Crippen LogP contribution in [0.4, 0.5) is 0 Å². The third-order valence-corrected chi connectivity index (χ3v) is 8.94. The molecule has 2 N–H and O–H groups in total. The Morgan fingerprint density at radius 2 is 1.97 bits per heavy atom. The first kappa shape index (κ1) is 20.0. The van der Waals surface area contributed by atoms with Crippen molar-refractivity contribution in [1.29, 1.82) is 0 Å². The summed E-state index contributed by atoms with van der Waals surface area (Å²) in [4.78, 5) is 0. The van der Waals surface area contributed by atoms with Crippen LogP contribution in [0.15, 0.2) is 54.7 Å². The van der Waals surface area contributed by atoms with E-state index in [0.717, 1.165) is 43.5 Å². The van der Waals surface area contributed by atoms with Gasteiger partial charge in [0.05, 0.1) is 6.20 Å². The number of aromatic amines is 1. The van der Waals surface area contributed by atoms with Crippen molar-refractivity contribution >= 4 is 0 Å². The Labute approximate surface area is 189 Å². The molecular weight excluding hydrogens is 398 g/mol. The van der Waals surface area contributed by atoms with E-state index in [4.69, 9.17) is 4.74 Å². The highest BCUT2D eigenvalue weighted by Crippen LogP contribution is 2.66. The zero-order valence-electron chi connectivity index (χ0n) is 18.6. The first-order chi connectivity index (χ1) is 15.6. The molecule has 2 fully saturated rings. The van der Waals surface area contributed by atoms with Crippen LogP contribution in [0.3, 0.4) is 0 Å². The highest BCUT2D eigenvalue weighted by Gasteiger charge is 2.63. The SMILES string of the molecule is CC12CCC3c4ccc(OCc5ccccc5)cc4CCC3C1CCC2(O)c1cn[nH]n1. The predicted molar refractivity (Wildman–Crippen MR) is 122 cm³/mol. The molecule has 6 rings (SSSR count). The van der Waals surface area contributed by atoms with Crippen LogP contribution in [0.1, 0.15) is 67.3 Å². The third kappa shape index (κ3) is 2.94. The highest BCUT2D eigenvalue weighted by atomic mass is 16.5. The zero-order chi connectivity index (χ0) is 21.8. The van der Waals surface area contributed by atoms with E-state index in [0.29, 0.717) is 24.4 Å². The second kappa shape index (κ2) is 7.45. The molecule has 5 heteroatoms. The van der Waals surface area contributed by atoms with E-state index in [1.54, 1.807) is 6.20 Å². The van der Waals surface area contributed by atoms with Gasteiger partial charge in [-0.15, -0.1) is 0 Å². The number of benzene rings is 2. The van der Waals surface area contributed by atoms with Crippen molar-refractivity contribution in [2.24, 2.45) is 17.3 Å². The average Bonchev–Trinajstić information content (AvgIpc) is 3.46. The van der Waals surface area contributed by atoms with Crippen molar-refractivity contribution in [3.63, 3.8) is 0 Å². The summed E-state index contributed by atoms with van der Waals surface area (Å²) in [6.45, 7) is 2.90. The summed E-state index contributed by atoms with van der Waals surface area (Å²) >= 11 is 0. The normalized spacial score (nSPS) is 33.2. The maximum absolute atomic E-state index is 11.7. The highest BCUT2D eigenvalue weighted by molar-refractivity contribution is 5.41. The number of hydrogen-bond acceptors (Lipinski definition) is 4. The van der Waals surface area contributed by atoms with E-state index in [-0.39, 0.29) is 5.41 Å². The van der Waals surface area contributed by atoms with Gasteiger partial charge in [-0.25, -0.2) is 0 Å². The number of hydrogen-bond donors (Lipinski definition) is 2. The molecule has 1 heterocycles. The Morgan fingerprint density at radius 1 is 1.09 bits per heavy atom. The molecule has 0 saturated heterocycles. The standard InChI is InChI=1S/C27H31N3O2/c1-26-13-11-22-21-10-8-20(32-17-18-5-3-2-4-6-18)15-19(21)7-9-23(22)24(26)12-14-27(26,31)25-16-28-30-29-25/h2-6,8,10,15-16,22-24,31H,7,9,11-14,17H2,1H3,(H,28,29,30). The molecule has 5 nitrogen and oxygen atoms in total. The van der Waals surface area contributed by atoms with Crippen LogP contribution in [-0.4, -0.2) is 20.5 Å². The monoisotopic (exact) mass is 429 g/mol. The van der Waals surface area contributed by atoms with Gasteiger partial charge in [0, 0.05) is 5.41 Å². The summed E-state index contributed by atoms with van der Waals surface area (Å²) in [6, 6.07) is 17.1. The molecule has 0 bridgehead atoms. The molecule has 0 amide bonds. The molecule has 3 aromatic rings. The minimum atomic E-state index is -0.870. The number of aromatic nitrogens is 3. The average molecular weight is 430 g/mol. The van der Waals surface area contributed by atoms with Crippen molar-refractivity contribution in [3.8, 4) is 5.75 Å². The van der Waals surface area contributed by atoms with E-state index in [1.807, 2.05) is 6.07 Å².